The summed E-state index contributed by atoms with van der Waals surface area (Å²) in [6, 6.07) is 4.34. The highest BCUT2D eigenvalue weighted by Gasteiger charge is 2.43. The van der Waals surface area contributed by atoms with Gasteiger partial charge in [0.05, 0.1) is 5.60 Å². The zero-order chi connectivity index (χ0) is 17.9. The smallest absolute Gasteiger partial charge is 0.222 e. The van der Waals surface area contributed by atoms with Gasteiger partial charge in [-0.1, -0.05) is 19.3 Å². The van der Waals surface area contributed by atoms with Crippen molar-refractivity contribution in [2.75, 3.05) is 13.1 Å². The number of aryl methyl sites for hydroxylation is 2. The second kappa shape index (κ2) is 7.94. The van der Waals surface area contributed by atoms with Crippen LogP contribution in [0.4, 0.5) is 0 Å². The first kappa shape index (κ1) is 18.5. The topological polar surface area (TPSA) is 45.5 Å². The fraction of sp³-hybridized carbons (Fsp3) is 0.762. The highest BCUT2D eigenvalue weighted by Crippen LogP contribution is 2.39. The molecule has 1 aromatic heterocycles. The molecule has 0 bridgehead atoms. The number of carbonyl (C=O) groups is 1. The molecule has 4 nitrogen and oxygen atoms in total. The number of piperidine rings is 1. The van der Waals surface area contributed by atoms with Crippen molar-refractivity contribution in [3.05, 3.63) is 23.5 Å². The van der Waals surface area contributed by atoms with E-state index in [4.69, 9.17) is 0 Å². The summed E-state index contributed by atoms with van der Waals surface area (Å²) in [6.45, 7) is 6.88. The van der Waals surface area contributed by atoms with Crippen LogP contribution < -0.4 is 0 Å². The summed E-state index contributed by atoms with van der Waals surface area (Å²) in [5.41, 5.74) is 2.16. The first-order valence-corrected chi connectivity index (χ1v) is 10.1. The minimum Gasteiger partial charge on any atom is -0.389 e. The average Bonchev–Trinajstić information content (AvgIpc) is 2.92. The zero-order valence-electron chi connectivity index (χ0n) is 16.0. The van der Waals surface area contributed by atoms with Crippen LogP contribution in [0.25, 0.3) is 0 Å². The van der Waals surface area contributed by atoms with Gasteiger partial charge in [-0.3, -0.25) is 4.79 Å². The third kappa shape index (κ3) is 4.28. The van der Waals surface area contributed by atoms with Gasteiger partial charge in [0, 0.05) is 43.4 Å². The molecule has 0 aromatic carbocycles. The quantitative estimate of drug-likeness (QED) is 0.796. The predicted octanol–water partition coefficient (Wildman–Crippen LogP) is 3.82. The van der Waals surface area contributed by atoms with E-state index in [1.165, 1.54) is 17.8 Å². The van der Waals surface area contributed by atoms with Crippen LogP contribution in [0.15, 0.2) is 12.1 Å². The SMILES string of the molecule is Cc1ccc(C)n1CCCCCC(=O)N1CCC2(O)CCCCC2C1. The number of aromatic nitrogens is 1. The summed E-state index contributed by atoms with van der Waals surface area (Å²) in [4.78, 5) is 14.5. The van der Waals surface area contributed by atoms with Gasteiger partial charge < -0.3 is 14.6 Å². The van der Waals surface area contributed by atoms with Crippen LogP contribution in [0.1, 0.15) is 69.2 Å². The molecule has 2 fully saturated rings. The van der Waals surface area contributed by atoms with Gasteiger partial charge in [0.25, 0.3) is 0 Å². The molecule has 1 N–H and O–H groups in total. The summed E-state index contributed by atoms with van der Waals surface area (Å²) in [5, 5.41) is 10.7. The van der Waals surface area contributed by atoms with Crippen molar-refractivity contribution >= 4 is 5.91 Å². The van der Waals surface area contributed by atoms with E-state index in [0.717, 1.165) is 64.6 Å². The fourth-order valence-corrected chi connectivity index (χ4v) is 4.73. The van der Waals surface area contributed by atoms with Crippen LogP contribution >= 0.6 is 0 Å². The molecule has 1 aromatic rings. The third-order valence-electron chi connectivity index (χ3n) is 6.47. The van der Waals surface area contributed by atoms with Gasteiger partial charge in [-0.05, 0) is 58.1 Å². The molecule has 0 radical (unpaired) electrons. The molecule has 1 aliphatic heterocycles. The molecule has 0 spiro atoms. The molecule has 4 heteroatoms. The molecule has 25 heavy (non-hydrogen) atoms. The summed E-state index contributed by atoms with van der Waals surface area (Å²) in [5.74, 6) is 0.597. The number of fused-ring (bicyclic) bond motifs is 1. The number of aliphatic hydroxyl groups is 1. The molecule has 2 unspecified atom stereocenters. The number of hydrogen-bond acceptors (Lipinski definition) is 2. The number of amides is 1. The lowest BCUT2D eigenvalue weighted by Gasteiger charge is -2.47. The number of nitrogens with zero attached hydrogens (tertiary/aromatic N) is 2. The summed E-state index contributed by atoms with van der Waals surface area (Å²) in [7, 11) is 0. The highest BCUT2D eigenvalue weighted by atomic mass is 16.3. The Kier molecular flexibility index (Phi) is 5.88. The molecular weight excluding hydrogens is 312 g/mol. The van der Waals surface area contributed by atoms with Crippen LogP contribution in [-0.4, -0.2) is 39.2 Å². The lowest BCUT2D eigenvalue weighted by atomic mass is 9.71. The molecule has 1 aliphatic carbocycles. The lowest BCUT2D eigenvalue weighted by molar-refractivity contribution is -0.143. The maximum Gasteiger partial charge on any atom is 0.222 e. The van der Waals surface area contributed by atoms with Crippen LogP contribution in [0.5, 0.6) is 0 Å². The third-order valence-corrected chi connectivity index (χ3v) is 6.47. The standard InChI is InChI=1S/C21H34N2O2/c1-17-10-11-18(2)23(17)14-7-3-4-9-20(24)22-15-13-21(25)12-6-5-8-19(21)16-22/h10-11,19,25H,3-9,12-16H2,1-2H3. The monoisotopic (exact) mass is 346 g/mol. The Morgan fingerprint density at radius 3 is 2.68 bits per heavy atom. The molecule has 1 amide bonds. The van der Waals surface area contributed by atoms with Crippen molar-refractivity contribution in [3.63, 3.8) is 0 Å². The Morgan fingerprint density at radius 2 is 1.92 bits per heavy atom. The van der Waals surface area contributed by atoms with E-state index >= 15 is 0 Å². The molecule has 2 aliphatic rings. The molecule has 140 valence electrons. The Bertz CT molecular complexity index is 575. The minimum absolute atomic E-state index is 0.293. The normalized spacial score (nSPS) is 26.5. The van der Waals surface area contributed by atoms with Crippen molar-refractivity contribution in [2.45, 2.75) is 83.8 Å². The molecule has 1 saturated heterocycles. The van der Waals surface area contributed by atoms with Crippen molar-refractivity contribution in [1.29, 1.82) is 0 Å². The lowest BCUT2D eigenvalue weighted by Crippen LogP contribution is -2.54. The number of carbonyl (C=O) groups excluding carboxylic acids is 1. The van der Waals surface area contributed by atoms with Gasteiger partial charge in [0.2, 0.25) is 5.91 Å². The first-order chi connectivity index (χ1) is 12.0. The Morgan fingerprint density at radius 1 is 1.16 bits per heavy atom. The van der Waals surface area contributed by atoms with E-state index in [1.54, 1.807) is 0 Å². The Labute approximate surface area is 152 Å². The van der Waals surface area contributed by atoms with E-state index in [-0.39, 0.29) is 0 Å². The average molecular weight is 347 g/mol. The maximum atomic E-state index is 12.5. The Balaban J connectivity index is 1.37. The number of rotatable bonds is 6. The van der Waals surface area contributed by atoms with Gasteiger partial charge in [0.1, 0.15) is 0 Å². The van der Waals surface area contributed by atoms with Crippen LogP contribution in [0.3, 0.4) is 0 Å². The molecule has 1 saturated carbocycles. The van der Waals surface area contributed by atoms with E-state index in [0.29, 0.717) is 18.2 Å². The number of unbranched alkanes of at least 4 members (excludes halogenated alkanes) is 2. The zero-order valence-corrected chi connectivity index (χ0v) is 16.0. The van der Waals surface area contributed by atoms with Gasteiger partial charge in [-0.15, -0.1) is 0 Å². The largest absolute Gasteiger partial charge is 0.389 e. The van der Waals surface area contributed by atoms with Crippen molar-refractivity contribution in [3.8, 4) is 0 Å². The number of likely N-dealkylation sites (tertiary alicyclic amines) is 1. The molecule has 3 rings (SSSR count). The van der Waals surface area contributed by atoms with E-state index in [1.807, 2.05) is 4.90 Å². The van der Waals surface area contributed by atoms with Crippen molar-refractivity contribution in [1.82, 2.24) is 9.47 Å². The van der Waals surface area contributed by atoms with Gasteiger partial charge >= 0.3 is 0 Å². The van der Waals surface area contributed by atoms with Gasteiger partial charge in [-0.25, -0.2) is 0 Å². The van der Waals surface area contributed by atoms with Crippen LogP contribution in [0.2, 0.25) is 0 Å². The van der Waals surface area contributed by atoms with Crippen LogP contribution in [-0.2, 0) is 11.3 Å². The molecule has 2 atom stereocenters. The highest BCUT2D eigenvalue weighted by molar-refractivity contribution is 5.76. The Hall–Kier alpha value is -1.29. The minimum atomic E-state index is -0.485. The second-order valence-electron chi connectivity index (χ2n) is 8.21. The molecule has 2 heterocycles. The van der Waals surface area contributed by atoms with Crippen LogP contribution in [0, 0.1) is 19.8 Å². The predicted molar refractivity (Wildman–Crippen MR) is 100 cm³/mol. The summed E-state index contributed by atoms with van der Waals surface area (Å²) >= 11 is 0. The molecular formula is C21H34N2O2. The number of hydrogen-bond donors (Lipinski definition) is 1. The van der Waals surface area contributed by atoms with Gasteiger partial charge in [0.15, 0.2) is 0 Å². The van der Waals surface area contributed by atoms with E-state index in [2.05, 4.69) is 30.5 Å². The van der Waals surface area contributed by atoms with E-state index < -0.39 is 5.60 Å². The van der Waals surface area contributed by atoms with E-state index in [9.17, 15) is 9.90 Å². The fourth-order valence-electron chi connectivity index (χ4n) is 4.73. The maximum absolute atomic E-state index is 12.5. The summed E-state index contributed by atoms with van der Waals surface area (Å²) in [6.07, 6.45) is 8.99. The van der Waals surface area contributed by atoms with Crippen molar-refractivity contribution < 1.29 is 9.90 Å². The second-order valence-corrected chi connectivity index (χ2v) is 8.21. The summed E-state index contributed by atoms with van der Waals surface area (Å²) < 4.78 is 2.36. The van der Waals surface area contributed by atoms with Crippen molar-refractivity contribution in [2.24, 2.45) is 5.92 Å². The first-order valence-electron chi connectivity index (χ1n) is 10.1. The van der Waals surface area contributed by atoms with Gasteiger partial charge in [-0.2, -0.15) is 0 Å².